The van der Waals surface area contributed by atoms with Crippen molar-refractivity contribution in [1.29, 1.82) is 0 Å². The van der Waals surface area contributed by atoms with Crippen LogP contribution in [0.4, 0.5) is 5.69 Å². The van der Waals surface area contributed by atoms with Crippen LogP contribution in [0.3, 0.4) is 0 Å². The van der Waals surface area contributed by atoms with Gasteiger partial charge in [-0.25, -0.2) is 0 Å². The summed E-state index contributed by atoms with van der Waals surface area (Å²) in [5, 5.41) is 5.94. The quantitative estimate of drug-likeness (QED) is 0.705. The van der Waals surface area contributed by atoms with Gasteiger partial charge in [-0.3, -0.25) is 4.79 Å². The van der Waals surface area contributed by atoms with Gasteiger partial charge in [-0.15, -0.1) is 11.3 Å². The lowest BCUT2D eigenvalue weighted by molar-refractivity contribution is 0.0698. The molecule has 0 radical (unpaired) electrons. The van der Waals surface area contributed by atoms with Gasteiger partial charge in [-0.2, -0.15) is 0 Å². The number of anilines is 1. The molecule has 2 aromatic rings. The summed E-state index contributed by atoms with van der Waals surface area (Å²) in [6, 6.07) is 10.9. The van der Waals surface area contributed by atoms with Crippen molar-refractivity contribution in [2.75, 3.05) is 18.4 Å². The van der Waals surface area contributed by atoms with Crippen molar-refractivity contribution in [1.82, 2.24) is 4.90 Å². The van der Waals surface area contributed by atoms with Gasteiger partial charge in [0.2, 0.25) is 0 Å². The maximum atomic E-state index is 13.3. The van der Waals surface area contributed by atoms with Gasteiger partial charge in [0.25, 0.3) is 5.91 Å². The molecule has 1 fully saturated rings. The molecule has 2 aliphatic heterocycles. The van der Waals surface area contributed by atoms with Gasteiger partial charge in [-0.05, 0) is 54.2 Å². The summed E-state index contributed by atoms with van der Waals surface area (Å²) in [5.41, 5.74) is 3.20. The van der Waals surface area contributed by atoms with E-state index >= 15 is 0 Å². The van der Waals surface area contributed by atoms with Crippen LogP contribution in [0.5, 0.6) is 0 Å². The molecule has 3 aliphatic rings. The van der Waals surface area contributed by atoms with Gasteiger partial charge in [0.15, 0.2) is 0 Å². The number of allylic oxidation sites excluding steroid dienone is 2. The Morgan fingerprint density at radius 2 is 2.04 bits per heavy atom. The Hall–Kier alpha value is -2.07. The van der Waals surface area contributed by atoms with Crippen molar-refractivity contribution in [3.05, 3.63) is 63.9 Å². The number of hydrogen-bond acceptors (Lipinski definition) is 3. The van der Waals surface area contributed by atoms with E-state index in [1.54, 1.807) is 0 Å². The van der Waals surface area contributed by atoms with E-state index < -0.39 is 0 Å². The minimum absolute atomic E-state index is 0.191. The monoisotopic (exact) mass is 378 g/mol. The minimum Gasteiger partial charge on any atom is -0.376 e. The summed E-state index contributed by atoms with van der Waals surface area (Å²) in [6.07, 6.45) is 7.98. The van der Waals surface area contributed by atoms with Gasteiger partial charge >= 0.3 is 0 Å². The Morgan fingerprint density at radius 1 is 1.19 bits per heavy atom. The van der Waals surface area contributed by atoms with Gasteiger partial charge in [0, 0.05) is 23.9 Å². The molecule has 1 amide bonds. The normalized spacial score (nSPS) is 27.1. The summed E-state index contributed by atoms with van der Waals surface area (Å²) in [5.74, 6) is 1.86. The zero-order valence-corrected chi connectivity index (χ0v) is 16.5. The Labute approximate surface area is 165 Å². The number of rotatable bonds is 2. The molecule has 1 aromatic carbocycles. The molecule has 0 bridgehead atoms. The Bertz CT molecular complexity index is 865. The number of carbonyl (C=O) groups is 1. The highest BCUT2D eigenvalue weighted by atomic mass is 32.1. The van der Waals surface area contributed by atoms with Gasteiger partial charge in [0.05, 0.1) is 17.3 Å². The third-order valence-electron chi connectivity index (χ3n) is 6.55. The van der Waals surface area contributed by atoms with Crippen LogP contribution in [0.25, 0.3) is 0 Å². The fraction of sp³-hybridized carbons (Fsp3) is 0.435. The van der Waals surface area contributed by atoms with E-state index in [0.29, 0.717) is 11.8 Å². The highest BCUT2D eigenvalue weighted by Crippen LogP contribution is 2.51. The average Bonchev–Trinajstić information content (AvgIpc) is 3.39. The molecule has 0 spiro atoms. The second-order valence-corrected chi connectivity index (χ2v) is 9.21. The molecule has 3 atom stereocenters. The number of thiophene rings is 1. The Kier molecular flexibility index (Phi) is 4.31. The van der Waals surface area contributed by atoms with Crippen LogP contribution in [0.1, 0.15) is 58.9 Å². The van der Waals surface area contributed by atoms with Crippen LogP contribution < -0.4 is 5.32 Å². The fourth-order valence-corrected chi connectivity index (χ4v) is 5.78. The molecular weight excluding hydrogens is 352 g/mol. The maximum Gasteiger partial charge on any atom is 0.255 e. The van der Waals surface area contributed by atoms with E-state index in [1.807, 2.05) is 22.3 Å². The van der Waals surface area contributed by atoms with Crippen LogP contribution in [0.2, 0.25) is 0 Å². The van der Waals surface area contributed by atoms with Gasteiger partial charge in [0.1, 0.15) is 0 Å². The molecule has 3 unspecified atom stereocenters. The topological polar surface area (TPSA) is 32.3 Å². The van der Waals surface area contributed by atoms with Crippen LogP contribution in [0.15, 0.2) is 47.9 Å². The molecular formula is C23H26N2OS. The number of likely N-dealkylation sites (tertiary alicyclic amines) is 1. The lowest BCUT2D eigenvalue weighted by Gasteiger charge is -2.38. The van der Waals surface area contributed by atoms with Crippen molar-refractivity contribution < 1.29 is 4.79 Å². The van der Waals surface area contributed by atoms with Crippen LogP contribution in [-0.2, 0) is 0 Å². The van der Waals surface area contributed by atoms with Crippen molar-refractivity contribution >= 4 is 22.9 Å². The third kappa shape index (κ3) is 2.91. The highest BCUT2D eigenvalue weighted by Gasteiger charge is 2.40. The van der Waals surface area contributed by atoms with Crippen molar-refractivity contribution in [3.8, 4) is 0 Å². The molecule has 1 saturated heterocycles. The zero-order chi connectivity index (χ0) is 18.4. The number of nitrogens with zero attached hydrogens (tertiary/aromatic N) is 1. The Morgan fingerprint density at radius 3 is 2.81 bits per heavy atom. The van der Waals surface area contributed by atoms with E-state index in [4.69, 9.17) is 0 Å². The standard InChI is InChI=1S/C23H26N2OS/c1-15-10-12-25(13-11-15)23(26)19-8-3-6-17-16-5-2-7-18(16)22(24-21(17)19)20-9-4-14-27-20/h2-6,8-9,14-16,18,22,24H,7,10-13H2,1H3. The fourth-order valence-electron chi connectivity index (χ4n) is 4.93. The van der Waals surface area contributed by atoms with Crippen LogP contribution in [0, 0.1) is 11.8 Å². The third-order valence-corrected chi connectivity index (χ3v) is 7.50. The smallest absolute Gasteiger partial charge is 0.255 e. The largest absolute Gasteiger partial charge is 0.376 e. The second-order valence-electron chi connectivity index (χ2n) is 8.24. The van der Waals surface area contributed by atoms with E-state index in [1.165, 1.54) is 10.4 Å². The predicted molar refractivity (Wildman–Crippen MR) is 111 cm³/mol. The summed E-state index contributed by atoms with van der Waals surface area (Å²) < 4.78 is 0. The number of para-hydroxylation sites is 1. The maximum absolute atomic E-state index is 13.3. The molecule has 3 nitrogen and oxygen atoms in total. The molecule has 1 aliphatic carbocycles. The molecule has 140 valence electrons. The van der Waals surface area contributed by atoms with Crippen molar-refractivity contribution in [2.24, 2.45) is 11.8 Å². The summed E-state index contributed by atoms with van der Waals surface area (Å²) in [4.78, 5) is 16.8. The first kappa shape index (κ1) is 17.1. The summed E-state index contributed by atoms with van der Waals surface area (Å²) in [6.45, 7) is 4.04. The lowest BCUT2D eigenvalue weighted by atomic mass is 9.78. The van der Waals surface area contributed by atoms with Crippen molar-refractivity contribution in [3.63, 3.8) is 0 Å². The lowest BCUT2D eigenvalue weighted by Crippen LogP contribution is -2.39. The van der Waals surface area contributed by atoms with E-state index in [9.17, 15) is 4.79 Å². The second kappa shape index (κ2) is 6.83. The van der Waals surface area contributed by atoms with Gasteiger partial charge in [-0.1, -0.05) is 37.3 Å². The Balaban J connectivity index is 1.52. The summed E-state index contributed by atoms with van der Waals surface area (Å²) in [7, 11) is 0. The van der Waals surface area contributed by atoms with Crippen molar-refractivity contribution in [2.45, 2.75) is 38.1 Å². The molecule has 5 rings (SSSR count). The first-order chi connectivity index (χ1) is 13.2. The van der Waals surface area contributed by atoms with Crippen LogP contribution >= 0.6 is 11.3 Å². The molecule has 4 heteroatoms. The number of hydrogen-bond donors (Lipinski definition) is 1. The first-order valence-corrected chi connectivity index (χ1v) is 11.0. The number of carbonyl (C=O) groups excluding carboxylic acids is 1. The zero-order valence-electron chi connectivity index (χ0n) is 15.7. The van der Waals surface area contributed by atoms with E-state index in [2.05, 4.69) is 54.0 Å². The number of amides is 1. The molecule has 1 aromatic heterocycles. The molecule has 3 heterocycles. The highest BCUT2D eigenvalue weighted by molar-refractivity contribution is 7.10. The predicted octanol–water partition coefficient (Wildman–Crippen LogP) is 5.45. The summed E-state index contributed by atoms with van der Waals surface area (Å²) >= 11 is 1.81. The number of benzene rings is 1. The SMILES string of the molecule is CC1CCN(C(=O)c2cccc3c2NC(c2cccs2)C2CC=CC32)CC1. The van der Waals surface area contributed by atoms with E-state index in [-0.39, 0.29) is 11.9 Å². The molecule has 27 heavy (non-hydrogen) atoms. The molecule has 0 saturated carbocycles. The number of nitrogens with one attached hydrogen (secondary N) is 1. The molecule has 1 N–H and O–H groups in total. The average molecular weight is 379 g/mol. The minimum atomic E-state index is 0.191. The number of fused-ring (bicyclic) bond motifs is 3. The van der Waals surface area contributed by atoms with Gasteiger partial charge < -0.3 is 10.2 Å². The first-order valence-electron chi connectivity index (χ1n) is 10.1. The van der Waals surface area contributed by atoms with Crippen LogP contribution in [-0.4, -0.2) is 23.9 Å². The number of piperidine rings is 1. The van der Waals surface area contributed by atoms with E-state index in [0.717, 1.165) is 49.5 Å².